The molecule has 1 amide bonds. The SMILES string of the molecule is Nc1c(Cl)cccc1C(=O)N1CCOC2CCCCC21. The number of benzene rings is 1. The maximum Gasteiger partial charge on any atom is 0.256 e. The van der Waals surface area contributed by atoms with E-state index < -0.39 is 0 Å². The highest BCUT2D eigenvalue weighted by Crippen LogP contribution is 2.31. The highest BCUT2D eigenvalue weighted by atomic mass is 35.5. The molecule has 2 atom stereocenters. The Kier molecular flexibility index (Phi) is 3.85. The maximum atomic E-state index is 12.8. The molecule has 3 rings (SSSR count). The molecule has 0 radical (unpaired) electrons. The van der Waals surface area contributed by atoms with Gasteiger partial charge in [0.1, 0.15) is 0 Å². The van der Waals surface area contributed by atoms with E-state index in [-0.39, 0.29) is 18.1 Å². The van der Waals surface area contributed by atoms with Gasteiger partial charge in [-0.3, -0.25) is 4.79 Å². The minimum Gasteiger partial charge on any atom is -0.397 e. The molecule has 1 heterocycles. The predicted octanol–water partition coefficient (Wildman–Crippen LogP) is 2.71. The van der Waals surface area contributed by atoms with Crippen LogP contribution in [-0.2, 0) is 4.74 Å². The van der Waals surface area contributed by atoms with Gasteiger partial charge in [0.25, 0.3) is 5.91 Å². The van der Waals surface area contributed by atoms with Crippen molar-refractivity contribution in [1.29, 1.82) is 0 Å². The number of halogens is 1. The number of carbonyl (C=O) groups is 1. The second-order valence-corrected chi connectivity index (χ2v) is 5.87. The Labute approximate surface area is 123 Å². The zero-order chi connectivity index (χ0) is 14.1. The van der Waals surface area contributed by atoms with Gasteiger partial charge in [0.15, 0.2) is 0 Å². The molecular weight excluding hydrogens is 276 g/mol. The molecule has 2 N–H and O–H groups in total. The zero-order valence-electron chi connectivity index (χ0n) is 11.3. The molecule has 5 heteroatoms. The topological polar surface area (TPSA) is 55.6 Å². The monoisotopic (exact) mass is 294 g/mol. The quantitative estimate of drug-likeness (QED) is 0.810. The third kappa shape index (κ3) is 2.38. The Morgan fingerprint density at radius 2 is 2.15 bits per heavy atom. The molecule has 0 bridgehead atoms. The molecule has 0 spiro atoms. The Hall–Kier alpha value is -1.26. The van der Waals surface area contributed by atoms with Gasteiger partial charge >= 0.3 is 0 Å². The lowest BCUT2D eigenvalue weighted by Crippen LogP contribution is -2.54. The fourth-order valence-corrected chi connectivity index (χ4v) is 3.40. The third-order valence-corrected chi connectivity index (χ3v) is 4.61. The van der Waals surface area contributed by atoms with Gasteiger partial charge in [-0.25, -0.2) is 0 Å². The summed E-state index contributed by atoms with van der Waals surface area (Å²) in [5.74, 6) is -0.0230. The third-order valence-electron chi connectivity index (χ3n) is 4.28. The molecule has 1 aromatic carbocycles. The van der Waals surface area contributed by atoms with Gasteiger partial charge in [-0.05, 0) is 25.0 Å². The minimum absolute atomic E-state index is 0.0230. The molecule has 1 aromatic rings. The summed E-state index contributed by atoms with van der Waals surface area (Å²) in [6.07, 6.45) is 4.57. The van der Waals surface area contributed by atoms with Crippen LogP contribution in [0.1, 0.15) is 36.0 Å². The summed E-state index contributed by atoms with van der Waals surface area (Å²) in [6, 6.07) is 5.40. The van der Waals surface area contributed by atoms with Crippen molar-refractivity contribution in [3.05, 3.63) is 28.8 Å². The van der Waals surface area contributed by atoms with E-state index in [0.29, 0.717) is 29.4 Å². The zero-order valence-corrected chi connectivity index (χ0v) is 12.1. The van der Waals surface area contributed by atoms with Crippen molar-refractivity contribution in [2.24, 2.45) is 0 Å². The first-order valence-electron chi connectivity index (χ1n) is 7.15. The lowest BCUT2D eigenvalue weighted by molar-refractivity contribution is -0.0752. The van der Waals surface area contributed by atoms with E-state index in [4.69, 9.17) is 22.1 Å². The average molecular weight is 295 g/mol. The largest absolute Gasteiger partial charge is 0.397 e. The van der Waals surface area contributed by atoms with Gasteiger partial charge in [-0.1, -0.05) is 30.5 Å². The highest BCUT2D eigenvalue weighted by molar-refractivity contribution is 6.33. The van der Waals surface area contributed by atoms with E-state index in [2.05, 4.69) is 0 Å². The second-order valence-electron chi connectivity index (χ2n) is 5.46. The van der Waals surface area contributed by atoms with Gasteiger partial charge in [0.05, 0.1) is 35.0 Å². The standard InChI is InChI=1S/C15H19ClN2O2/c16-11-5-3-4-10(14(11)17)15(19)18-8-9-20-13-7-2-1-6-12(13)18/h3-5,12-13H,1-2,6-9,17H2. The molecule has 4 nitrogen and oxygen atoms in total. The lowest BCUT2D eigenvalue weighted by Gasteiger charge is -2.43. The Balaban J connectivity index is 1.87. The number of rotatable bonds is 1. The molecule has 1 saturated heterocycles. The highest BCUT2D eigenvalue weighted by Gasteiger charge is 2.37. The Bertz CT molecular complexity index is 519. The van der Waals surface area contributed by atoms with Crippen LogP contribution in [0.15, 0.2) is 18.2 Å². The van der Waals surface area contributed by atoms with E-state index in [9.17, 15) is 4.79 Å². The van der Waals surface area contributed by atoms with Crippen LogP contribution in [-0.4, -0.2) is 36.1 Å². The number of hydrogen-bond donors (Lipinski definition) is 1. The Morgan fingerprint density at radius 1 is 1.35 bits per heavy atom. The molecule has 1 saturated carbocycles. The number of para-hydroxylation sites is 1. The molecule has 0 aromatic heterocycles. The molecule has 2 fully saturated rings. The fraction of sp³-hybridized carbons (Fsp3) is 0.533. The van der Waals surface area contributed by atoms with Crippen LogP contribution >= 0.6 is 11.6 Å². The molecule has 108 valence electrons. The number of nitrogens with two attached hydrogens (primary N) is 1. The number of hydrogen-bond acceptors (Lipinski definition) is 3. The van der Waals surface area contributed by atoms with Gasteiger partial charge in [0, 0.05) is 6.54 Å². The van der Waals surface area contributed by atoms with E-state index in [1.54, 1.807) is 18.2 Å². The van der Waals surface area contributed by atoms with Gasteiger partial charge in [-0.2, -0.15) is 0 Å². The Morgan fingerprint density at radius 3 is 3.00 bits per heavy atom. The first-order valence-corrected chi connectivity index (χ1v) is 7.53. The summed E-state index contributed by atoms with van der Waals surface area (Å²) in [4.78, 5) is 14.7. The van der Waals surface area contributed by atoms with E-state index in [1.165, 1.54) is 6.42 Å². The van der Waals surface area contributed by atoms with Crippen LogP contribution < -0.4 is 5.73 Å². The molecule has 2 aliphatic rings. The molecule has 1 aliphatic carbocycles. The summed E-state index contributed by atoms with van der Waals surface area (Å²) in [7, 11) is 0. The van der Waals surface area contributed by atoms with Crippen molar-refractivity contribution >= 4 is 23.2 Å². The number of carbonyl (C=O) groups excluding carboxylic acids is 1. The van der Waals surface area contributed by atoms with Crippen molar-refractivity contribution in [2.45, 2.75) is 37.8 Å². The van der Waals surface area contributed by atoms with Crippen LogP contribution in [0.2, 0.25) is 5.02 Å². The van der Waals surface area contributed by atoms with E-state index in [0.717, 1.165) is 19.3 Å². The van der Waals surface area contributed by atoms with Crippen molar-refractivity contribution in [2.75, 3.05) is 18.9 Å². The smallest absolute Gasteiger partial charge is 0.256 e. The van der Waals surface area contributed by atoms with Crippen molar-refractivity contribution < 1.29 is 9.53 Å². The number of ether oxygens (including phenoxy) is 1. The van der Waals surface area contributed by atoms with Gasteiger partial charge < -0.3 is 15.4 Å². The van der Waals surface area contributed by atoms with E-state index in [1.807, 2.05) is 4.90 Å². The average Bonchev–Trinajstić information content (AvgIpc) is 2.49. The minimum atomic E-state index is -0.0230. The number of nitrogens with zero attached hydrogens (tertiary/aromatic N) is 1. The van der Waals surface area contributed by atoms with Crippen LogP contribution in [0.25, 0.3) is 0 Å². The summed E-state index contributed by atoms with van der Waals surface area (Å²) in [5, 5.41) is 0.435. The molecule has 2 unspecified atom stereocenters. The van der Waals surface area contributed by atoms with Crippen LogP contribution in [0, 0.1) is 0 Å². The molecule has 1 aliphatic heterocycles. The van der Waals surface area contributed by atoms with Crippen molar-refractivity contribution in [3.63, 3.8) is 0 Å². The normalized spacial score (nSPS) is 26.1. The maximum absolute atomic E-state index is 12.8. The van der Waals surface area contributed by atoms with Crippen LogP contribution in [0.5, 0.6) is 0 Å². The number of morpholine rings is 1. The number of amides is 1. The predicted molar refractivity (Wildman–Crippen MR) is 78.9 cm³/mol. The van der Waals surface area contributed by atoms with Gasteiger partial charge in [0.2, 0.25) is 0 Å². The second kappa shape index (κ2) is 5.62. The first kappa shape index (κ1) is 13.7. The summed E-state index contributed by atoms with van der Waals surface area (Å²) >= 11 is 6.01. The van der Waals surface area contributed by atoms with Crippen molar-refractivity contribution in [1.82, 2.24) is 4.90 Å². The molecule has 20 heavy (non-hydrogen) atoms. The number of nitrogen functional groups attached to an aromatic ring is 1. The lowest BCUT2D eigenvalue weighted by atomic mass is 9.89. The molecular formula is C15H19ClN2O2. The summed E-state index contributed by atoms with van der Waals surface area (Å²) < 4.78 is 5.80. The number of fused-ring (bicyclic) bond motifs is 1. The van der Waals surface area contributed by atoms with E-state index >= 15 is 0 Å². The first-order chi connectivity index (χ1) is 9.68. The van der Waals surface area contributed by atoms with Crippen molar-refractivity contribution in [3.8, 4) is 0 Å². The van der Waals surface area contributed by atoms with Crippen LogP contribution in [0.4, 0.5) is 5.69 Å². The van der Waals surface area contributed by atoms with Crippen LogP contribution in [0.3, 0.4) is 0 Å². The fourth-order valence-electron chi connectivity index (χ4n) is 3.23. The summed E-state index contributed by atoms with van der Waals surface area (Å²) in [5.41, 5.74) is 6.82. The summed E-state index contributed by atoms with van der Waals surface area (Å²) in [6.45, 7) is 1.24. The van der Waals surface area contributed by atoms with Gasteiger partial charge in [-0.15, -0.1) is 0 Å². The number of anilines is 1.